The van der Waals surface area contributed by atoms with Crippen LogP contribution in [0.1, 0.15) is 56.7 Å². The Balaban J connectivity index is 3.55. The first-order valence-corrected chi connectivity index (χ1v) is 5.42. The fraction of sp³-hybridized carbons (Fsp3) is 0.571. The van der Waals surface area contributed by atoms with E-state index in [2.05, 4.69) is 0 Å². The first kappa shape index (κ1) is 8.91. The number of hydrogen-bond donors (Lipinski definition) is 2. The van der Waals surface area contributed by atoms with Crippen LogP contribution in [0.15, 0.2) is 12.1 Å². The van der Waals surface area contributed by atoms with Crippen LogP contribution in [0, 0.1) is 0 Å². The van der Waals surface area contributed by atoms with Gasteiger partial charge in [-0.2, -0.15) is 0 Å². The van der Waals surface area contributed by atoms with Gasteiger partial charge in [0.05, 0.1) is 0 Å². The second-order valence-corrected chi connectivity index (χ2v) is 5.83. The first-order valence-electron chi connectivity index (χ1n) is 6.92. The SMILES string of the molecule is [2H]C([2H])([2H])C(C)(C)c1cc(C(C)(C)C)c(O)cc1N. The Kier molecular flexibility index (Phi) is 2.05. The van der Waals surface area contributed by atoms with Crippen molar-refractivity contribution in [3.05, 3.63) is 23.3 Å². The van der Waals surface area contributed by atoms with Gasteiger partial charge < -0.3 is 10.8 Å². The lowest BCUT2D eigenvalue weighted by molar-refractivity contribution is 0.445. The van der Waals surface area contributed by atoms with Gasteiger partial charge in [-0.15, -0.1) is 0 Å². The van der Waals surface area contributed by atoms with E-state index >= 15 is 0 Å². The molecule has 2 heteroatoms. The summed E-state index contributed by atoms with van der Waals surface area (Å²) in [4.78, 5) is 0. The summed E-state index contributed by atoms with van der Waals surface area (Å²) in [5.41, 5.74) is 6.13. The smallest absolute Gasteiger partial charge is 0.121 e. The Morgan fingerprint density at radius 2 is 1.62 bits per heavy atom. The molecular weight excluding hydrogens is 198 g/mol. The van der Waals surface area contributed by atoms with E-state index in [-0.39, 0.29) is 11.2 Å². The van der Waals surface area contributed by atoms with E-state index in [1.807, 2.05) is 20.8 Å². The zero-order valence-corrected chi connectivity index (χ0v) is 10.7. The summed E-state index contributed by atoms with van der Waals surface area (Å²) in [6.45, 7) is 7.02. The van der Waals surface area contributed by atoms with Crippen LogP contribution in [0.2, 0.25) is 0 Å². The minimum atomic E-state index is -2.16. The molecule has 0 spiro atoms. The number of phenols is 1. The van der Waals surface area contributed by atoms with Crippen molar-refractivity contribution in [1.82, 2.24) is 0 Å². The summed E-state index contributed by atoms with van der Waals surface area (Å²) in [5.74, 6) is 0.107. The summed E-state index contributed by atoms with van der Waals surface area (Å²) in [7, 11) is 0. The fourth-order valence-corrected chi connectivity index (χ4v) is 1.75. The molecule has 0 saturated heterocycles. The molecule has 0 fully saturated rings. The molecule has 0 aliphatic rings. The minimum absolute atomic E-state index is 0.107. The Morgan fingerprint density at radius 1 is 1.06 bits per heavy atom. The molecule has 0 aliphatic heterocycles. The number of hydrogen-bond acceptors (Lipinski definition) is 2. The van der Waals surface area contributed by atoms with Crippen molar-refractivity contribution in [3.63, 3.8) is 0 Å². The number of benzene rings is 1. The van der Waals surface area contributed by atoms with E-state index in [0.717, 1.165) is 0 Å². The Labute approximate surface area is 103 Å². The van der Waals surface area contributed by atoms with Gasteiger partial charge in [0.15, 0.2) is 0 Å². The lowest BCUT2D eigenvalue weighted by Crippen LogP contribution is -2.18. The maximum atomic E-state index is 10.00. The van der Waals surface area contributed by atoms with Gasteiger partial charge >= 0.3 is 0 Å². The van der Waals surface area contributed by atoms with Crippen LogP contribution in [0.5, 0.6) is 5.75 Å². The number of rotatable bonds is 0. The van der Waals surface area contributed by atoms with Crippen molar-refractivity contribution in [2.24, 2.45) is 0 Å². The van der Waals surface area contributed by atoms with Crippen LogP contribution in [0.25, 0.3) is 0 Å². The average Bonchev–Trinajstić information content (AvgIpc) is 2.12. The van der Waals surface area contributed by atoms with Gasteiger partial charge in [-0.1, -0.05) is 41.5 Å². The Morgan fingerprint density at radius 3 is 2.06 bits per heavy atom. The third kappa shape index (κ3) is 2.49. The van der Waals surface area contributed by atoms with Crippen molar-refractivity contribution in [2.75, 3.05) is 5.73 Å². The number of aromatic hydroxyl groups is 1. The first-order chi connectivity index (χ1) is 8.28. The second kappa shape index (κ2) is 3.69. The Bertz CT molecular complexity index is 485. The number of nitrogens with two attached hydrogens (primary N) is 1. The summed E-state index contributed by atoms with van der Waals surface area (Å²) in [6.07, 6.45) is 0. The molecule has 16 heavy (non-hydrogen) atoms. The molecule has 0 saturated carbocycles. The molecular formula is C14H23NO. The van der Waals surface area contributed by atoms with Gasteiger partial charge in [-0.05, 0) is 28.0 Å². The van der Waals surface area contributed by atoms with E-state index in [9.17, 15) is 5.11 Å². The van der Waals surface area contributed by atoms with Crippen LogP contribution in [0.4, 0.5) is 5.69 Å². The van der Waals surface area contributed by atoms with Crippen molar-refractivity contribution in [3.8, 4) is 5.75 Å². The zero-order chi connectivity index (χ0) is 15.2. The van der Waals surface area contributed by atoms with Gasteiger partial charge in [0.25, 0.3) is 0 Å². The van der Waals surface area contributed by atoms with Gasteiger partial charge in [0.2, 0.25) is 0 Å². The number of nitrogen functional groups attached to an aromatic ring is 1. The molecule has 0 bridgehead atoms. The van der Waals surface area contributed by atoms with Crippen molar-refractivity contribution in [2.45, 2.75) is 52.3 Å². The highest BCUT2D eigenvalue weighted by atomic mass is 16.3. The van der Waals surface area contributed by atoms with Crippen LogP contribution in [0.3, 0.4) is 0 Å². The highest BCUT2D eigenvalue weighted by Gasteiger charge is 2.24. The fourth-order valence-electron chi connectivity index (χ4n) is 1.75. The molecule has 0 radical (unpaired) electrons. The maximum absolute atomic E-state index is 10.00. The molecule has 0 aromatic heterocycles. The van der Waals surface area contributed by atoms with Crippen LogP contribution < -0.4 is 5.73 Å². The monoisotopic (exact) mass is 224 g/mol. The third-order valence-electron chi connectivity index (χ3n) is 2.65. The number of anilines is 1. The highest BCUT2D eigenvalue weighted by Crippen LogP contribution is 2.38. The van der Waals surface area contributed by atoms with Crippen molar-refractivity contribution >= 4 is 5.69 Å². The summed E-state index contributed by atoms with van der Waals surface area (Å²) < 4.78 is 23.0. The largest absolute Gasteiger partial charge is 0.508 e. The van der Waals surface area contributed by atoms with Crippen LogP contribution in [-0.2, 0) is 10.8 Å². The van der Waals surface area contributed by atoms with Crippen molar-refractivity contribution < 1.29 is 9.22 Å². The minimum Gasteiger partial charge on any atom is -0.508 e. The normalized spacial score (nSPS) is 16.4. The Hall–Kier alpha value is -1.18. The van der Waals surface area contributed by atoms with E-state index in [1.165, 1.54) is 6.07 Å². The third-order valence-corrected chi connectivity index (χ3v) is 2.65. The van der Waals surface area contributed by atoms with E-state index < -0.39 is 12.3 Å². The average molecular weight is 224 g/mol. The predicted octanol–water partition coefficient (Wildman–Crippen LogP) is 3.57. The molecule has 0 atom stereocenters. The number of phenolic OH excluding ortho intramolecular Hbond substituents is 1. The molecule has 0 heterocycles. The van der Waals surface area contributed by atoms with Gasteiger partial charge in [-0.3, -0.25) is 0 Å². The summed E-state index contributed by atoms with van der Waals surface area (Å²) in [6, 6.07) is 3.17. The quantitative estimate of drug-likeness (QED) is 0.662. The van der Waals surface area contributed by atoms with Crippen LogP contribution >= 0.6 is 0 Å². The van der Waals surface area contributed by atoms with Gasteiger partial charge in [-0.25, -0.2) is 0 Å². The molecule has 1 aromatic carbocycles. The highest BCUT2D eigenvalue weighted by molar-refractivity contribution is 5.58. The molecule has 1 rings (SSSR count). The van der Waals surface area contributed by atoms with E-state index in [0.29, 0.717) is 16.8 Å². The molecule has 2 nitrogen and oxygen atoms in total. The molecule has 1 aromatic rings. The summed E-state index contributed by atoms with van der Waals surface area (Å²) >= 11 is 0. The summed E-state index contributed by atoms with van der Waals surface area (Å²) in [5, 5.41) is 10.00. The second-order valence-electron chi connectivity index (χ2n) is 5.83. The molecule has 0 amide bonds. The van der Waals surface area contributed by atoms with E-state index in [1.54, 1.807) is 19.9 Å². The standard InChI is InChI=1S/C14H23NO/c1-13(2,3)9-7-10(14(4,5)6)12(16)8-11(9)15/h7-8,16H,15H2,1-6H3/i1D3. The van der Waals surface area contributed by atoms with Crippen LogP contribution in [-0.4, -0.2) is 5.11 Å². The molecule has 0 unspecified atom stereocenters. The predicted molar refractivity (Wildman–Crippen MR) is 69.9 cm³/mol. The topological polar surface area (TPSA) is 46.2 Å². The van der Waals surface area contributed by atoms with Crippen molar-refractivity contribution in [1.29, 1.82) is 0 Å². The molecule has 3 N–H and O–H groups in total. The van der Waals surface area contributed by atoms with Gasteiger partial charge in [0.1, 0.15) is 5.75 Å². The molecule has 0 aliphatic carbocycles. The maximum Gasteiger partial charge on any atom is 0.121 e. The van der Waals surface area contributed by atoms with Gasteiger partial charge in [0, 0.05) is 15.9 Å². The molecule has 90 valence electrons. The lowest BCUT2D eigenvalue weighted by atomic mass is 9.79. The van der Waals surface area contributed by atoms with E-state index in [4.69, 9.17) is 9.85 Å². The lowest BCUT2D eigenvalue weighted by Gasteiger charge is -2.27. The zero-order valence-electron chi connectivity index (χ0n) is 13.7.